The van der Waals surface area contributed by atoms with Gasteiger partial charge in [0.05, 0.1) is 0 Å². The van der Waals surface area contributed by atoms with E-state index in [0.717, 1.165) is 12.1 Å². The Morgan fingerprint density at radius 1 is 1.30 bits per heavy atom. The minimum atomic E-state index is -4.55. The van der Waals surface area contributed by atoms with Crippen molar-refractivity contribution in [2.75, 3.05) is 0 Å². The van der Waals surface area contributed by atoms with Crippen LogP contribution in [0.4, 0.5) is 13.2 Å². The minimum Gasteiger partial charge on any atom is -0.324 e. The van der Waals surface area contributed by atoms with Crippen molar-refractivity contribution in [3.63, 3.8) is 0 Å². The van der Waals surface area contributed by atoms with Gasteiger partial charge in [0.2, 0.25) is 0 Å². The first-order valence-electron chi connectivity index (χ1n) is 5.99. The van der Waals surface area contributed by atoms with Gasteiger partial charge in [-0.05, 0) is 5.56 Å². The lowest BCUT2D eigenvalue weighted by Gasteiger charge is -2.24. The average molecular weight is 286 g/mol. The molecule has 0 N–H and O–H groups in total. The summed E-state index contributed by atoms with van der Waals surface area (Å²) in [6.45, 7) is 2.53. The van der Waals surface area contributed by atoms with Gasteiger partial charge in [-0.3, -0.25) is 0 Å². The van der Waals surface area contributed by atoms with Gasteiger partial charge in [0.1, 0.15) is 6.04 Å². The molecule has 0 saturated carbocycles. The number of hydrogen-bond acceptors (Lipinski definition) is 4. The first-order chi connectivity index (χ1) is 9.30. The Hall–Kier alpha value is -2.05. The molecule has 1 aliphatic rings. The number of halogens is 3. The van der Waals surface area contributed by atoms with E-state index in [1.807, 2.05) is 0 Å². The van der Waals surface area contributed by atoms with Crippen LogP contribution in [0.3, 0.4) is 0 Å². The highest BCUT2D eigenvalue weighted by Gasteiger charge is 2.49. The van der Waals surface area contributed by atoms with Gasteiger partial charge < -0.3 is 4.84 Å². The van der Waals surface area contributed by atoms with Crippen molar-refractivity contribution >= 4 is 11.7 Å². The predicted molar refractivity (Wildman–Crippen MR) is 65.4 cm³/mol. The Bertz CT molecular complexity index is 528. The second-order valence-electron chi connectivity index (χ2n) is 4.51. The van der Waals surface area contributed by atoms with Gasteiger partial charge in [-0.15, -0.1) is 10.3 Å². The van der Waals surface area contributed by atoms with Gasteiger partial charge in [-0.2, -0.15) is 13.2 Å². The zero-order valence-corrected chi connectivity index (χ0v) is 10.9. The van der Waals surface area contributed by atoms with Gasteiger partial charge >= 0.3 is 12.1 Å². The lowest BCUT2D eigenvalue weighted by molar-refractivity contribution is -0.199. The monoisotopic (exact) mass is 286 g/mol. The third kappa shape index (κ3) is 2.76. The SMILES string of the molecule is CC(=O)ON1N=C(C(F)(F)F)C(C)C1c1ccccc1. The molecule has 108 valence electrons. The van der Waals surface area contributed by atoms with Crippen LogP contribution < -0.4 is 0 Å². The molecule has 0 fully saturated rings. The van der Waals surface area contributed by atoms with E-state index < -0.39 is 29.8 Å². The second kappa shape index (κ2) is 5.15. The highest BCUT2D eigenvalue weighted by atomic mass is 19.4. The second-order valence-corrected chi connectivity index (χ2v) is 4.51. The summed E-state index contributed by atoms with van der Waals surface area (Å²) in [6, 6.07) is 7.74. The number of benzene rings is 1. The van der Waals surface area contributed by atoms with Crippen molar-refractivity contribution in [3.8, 4) is 0 Å². The van der Waals surface area contributed by atoms with Crippen LogP contribution in [0.1, 0.15) is 25.5 Å². The van der Waals surface area contributed by atoms with Crippen LogP contribution in [0.15, 0.2) is 35.4 Å². The summed E-state index contributed by atoms with van der Waals surface area (Å²) in [4.78, 5) is 15.8. The maximum atomic E-state index is 12.9. The number of alkyl halides is 3. The van der Waals surface area contributed by atoms with Gasteiger partial charge in [-0.1, -0.05) is 37.3 Å². The summed E-state index contributed by atoms with van der Waals surface area (Å²) in [5.41, 5.74) is -0.350. The van der Waals surface area contributed by atoms with Crippen molar-refractivity contribution in [1.29, 1.82) is 0 Å². The van der Waals surface area contributed by atoms with Gasteiger partial charge in [0.25, 0.3) is 0 Å². The van der Waals surface area contributed by atoms with Crippen LogP contribution in [0.2, 0.25) is 0 Å². The third-order valence-electron chi connectivity index (χ3n) is 3.00. The molecule has 0 amide bonds. The fraction of sp³-hybridized carbons (Fsp3) is 0.385. The maximum Gasteiger partial charge on any atom is 0.431 e. The van der Waals surface area contributed by atoms with Gasteiger partial charge in [0.15, 0.2) is 5.71 Å². The van der Waals surface area contributed by atoms with E-state index in [-0.39, 0.29) is 0 Å². The van der Waals surface area contributed by atoms with Crippen LogP contribution in [-0.4, -0.2) is 23.0 Å². The molecule has 2 unspecified atom stereocenters. The fourth-order valence-electron chi connectivity index (χ4n) is 2.19. The molecule has 1 heterocycles. The molecule has 7 heteroatoms. The summed E-state index contributed by atoms with van der Waals surface area (Å²) in [6.07, 6.45) is -4.55. The Morgan fingerprint density at radius 2 is 1.90 bits per heavy atom. The predicted octanol–water partition coefficient (Wildman–Crippen LogP) is 3.08. The number of hydrazone groups is 1. The molecule has 0 saturated heterocycles. The molecule has 0 bridgehead atoms. The zero-order chi connectivity index (χ0) is 14.9. The minimum absolute atomic E-state index is 0.601. The van der Waals surface area contributed by atoms with Gasteiger partial charge in [0, 0.05) is 12.8 Å². The number of rotatable bonds is 2. The van der Waals surface area contributed by atoms with Crippen LogP contribution >= 0.6 is 0 Å². The molecule has 0 aromatic heterocycles. The van der Waals surface area contributed by atoms with Gasteiger partial charge in [-0.25, -0.2) is 4.79 Å². The number of hydroxylamine groups is 1. The molecular formula is C13H13F3N2O2. The molecule has 1 aromatic carbocycles. The van der Waals surface area contributed by atoms with E-state index in [1.54, 1.807) is 30.3 Å². The summed E-state index contributed by atoms with van der Waals surface area (Å²) in [7, 11) is 0. The fourth-order valence-corrected chi connectivity index (χ4v) is 2.19. The van der Waals surface area contributed by atoms with E-state index in [2.05, 4.69) is 5.10 Å². The van der Waals surface area contributed by atoms with Crippen LogP contribution in [0.5, 0.6) is 0 Å². The van der Waals surface area contributed by atoms with Crippen LogP contribution in [-0.2, 0) is 9.63 Å². The number of carbonyl (C=O) groups is 1. The van der Waals surface area contributed by atoms with Crippen LogP contribution in [0, 0.1) is 5.92 Å². The van der Waals surface area contributed by atoms with Crippen molar-refractivity contribution in [1.82, 2.24) is 5.17 Å². The summed E-state index contributed by atoms with van der Waals surface area (Å²) >= 11 is 0. The van der Waals surface area contributed by atoms with E-state index in [0.29, 0.717) is 5.56 Å². The molecule has 0 radical (unpaired) electrons. The van der Waals surface area contributed by atoms with Crippen molar-refractivity contribution in [2.24, 2.45) is 11.0 Å². The highest BCUT2D eigenvalue weighted by molar-refractivity contribution is 5.93. The number of hydrogen-bond donors (Lipinski definition) is 0. The zero-order valence-electron chi connectivity index (χ0n) is 10.9. The van der Waals surface area contributed by atoms with E-state index in [4.69, 9.17) is 4.84 Å². The number of carbonyl (C=O) groups excluding carboxylic acids is 1. The van der Waals surface area contributed by atoms with E-state index in [9.17, 15) is 18.0 Å². The average Bonchev–Trinajstić information content (AvgIpc) is 2.66. The molecule has 0 aliphatic carbocycles. The standard InChI is InChI=1S/C13H13F3N2O2/c1-8-11(10-6-4-3-5-7-10)18(20-9(2)19)17-12(8)13(14,15)16/h3-8,11H,1-2H3. The molecule has 1 aliphatic heterocycles. The Kier molecular flexibility index (Phi) is 3.69. The Labute approximate surface area is 113 Å². The lowest BCUT2D eigenvalue weighted by Crippen LogP contribution is -2.30. The summed E-state index contributed by atoms with van der Waals surface area (Å²) in [5.74, 6) is -1.65. The molecular weight excluding hydrogens is 273 g/mol. The first kappa shape index (κ1) is 14.4. The Balaban J connectivity index is 2.38. The third-order valence-corrected chi connectivity index (χ3v) is 3.00. The normalized spacial score (nSPS) is 22.6. The molecule has 20 heavy (non-hydrogen) atoms. The Morgan fingerprint density at radius 3 is 2.40 bits per heavy atom. The molecule has 2 atom stereocenters. The van der Waals surface area contributed by atoms with E-state index >= 15 is 0 Å². The topological polar surface area (TPSA) is 41.9 Å². The smallest absolute Gasteiger partial charge is 0.324 e. The molecule has 0 spiro atoms. The lowest BCUT2D eigenvalue weighted by atomic mass is 9.92. The number of nitrogens with zero attached hydrogens (tertiary/aromatic N) is 2. The highest BCUT2D eigenvalue weighted by Crippen LogP contribution is 2.40. The van der Waals surface area contributed by atoms with Crippen molar-refractivity contribution in [3.05, 3.63) is 35.9 Å². The summed E-state index contributed by atoms with van der Waals surface area (Å²) in [5, 5.41) is 4.16. The maximum absolute atomic E-state index is 12.9. The largest absolute Gasteiger partial charge is 0.431 e. The van der Waals surface area contributed by atoms with E-state index in [1.165, 1.54) is 6.92 Å². The summed E-state index contributed by atoms with van der Waals surface area (Å²) < 4.78 is 38.7. The van der Waals surface area contributed by atoms with Crippen molar-refractivity contribution < 1.29 is 22.8 Å². The first-order valence-corrected chi connectivity index (χ1v) is 5.99. The molecule has 1 aromatic rings. The molecule has 2 rings (SSSR count). The van der Waals surface area contributed by atoms with Crippen molar-refractivity contribution in [2.45, 2.75) is 26.1 Å². The quantitative estimate of drug-likeness (QED) is 0.839. The molecule has 4 nitrogen and oxygen atoms in total. The van der Waals surface area contributed by atoms with Crippen LogP contribution in [0.25, 0.3) is 0 Å².